The van der Waals surface area contributed by atoms with Crippen LogP contribution in [-0.2, 0) is 11.3 Å². The molecule has 0 aliphatic heterocycles. The summed E-state index contributed by atoms with van der Waals surface area (Å²) in [6.45, 7) is 2.30. The fourth-order valence-electron chi connectivity index (χ4n) is 1.99. The third-order valence-electron chi connectivity index (χ3n) is 3.23. The second-order valence-electron chi connectivity index (χ2n) is 4.88. The first-order chi connectivity index (χ1) is 11.1. The Kier molecular flexibility index (Phi) is 4.78. The van der Waals surface area contributed by atoms with Crippen molar-refractivity contribution in [1.29, 1.82) is 0 Å². The van der Waals surface area contributed by atoms with E-state index >= 15 is 0 Å². The molecule has 6 nitrogen and oxygen atoms in total. The summed E-state index contributed by atoms with van der Waals surface area (Å²) in [7, 11) is 0. The topological polar surface area (TPSA) is 83.6 Å². The number of H-pyrrole nitrogens is 1. The van der Waals surface area contributed by atoms with Crippen molar-refractivity contribution in [3.05, 3.63) is 47.5 Å². The molecule has 2 heterocycles. The van der Waals surface area contributed by atoms with Crippen molar-refractivity contribution in [3.63, 3.8) is 0 Å². The summed E-state index contributed by atoms with van der Waals surface area (Å²) in [6.07, 6.45) is 3.01. The Hall–Kier alpha value is -2.12. The molecule has 0 bridgehead atoms. The quantitative estimate of drug-likeness (QED) is 0.547. The molecule has 3 rings (SSSR count). The molecule has 23 heavy (non-hydrogen) atoms. The van der Waals surface area contributed by atoms with Gasteiger partial charge in [-0.3, -0.25) is 4.79 Å². The molecule has 0 spiro atoms. The molecule has 1 aromatic carbocycles. The minimum atomic E-state index is -0.288. The van der Waals surface area contributed by atoms with Crippen LogP contribution < -0.4 is 5.32 Å². The molecule has 0 saturated heterocycles. The molecule has 0 saturated carbocycles. The summed E-state index contributed by atoms with van der Waals surface area (Å²) in [4.78, 5) is 27.6. The number of amides is 1. The van der Waals surface area contributed by atoms with Crippen molar-refractivity contribution in [1.82, 2.24) is 25.3 Å². The Labute approximate surface area is 142 Å². The molecular formula is C15H14ClN5OS. The lowest BCUT2D eigenvalue weighted by Gasteiger charge is -2.11. The predicted molar refractivity (Wildman–Crippen MR) is 90.3 cm³/mol. The lowest BCUT2D eigenvalue weighted by molar-refractivity contribution is -0.120. The summed E-state index contributed by atoms with van der Waals surface area (Å²) in [5.41, 5.74) is 2.34. The average molecular weight is 348 g/mol. The van der Waals surface area contributed by atoms with Gasteiger partial charge in [0.15, 0.2) is 5.65 Å². The normalized spacial score (nSPS) is 12.3. The fraction of sp³-hybridized carbons (Fsp3) is 0.200. The Morgan fingerprint density at radius 1 is 1.30 bits per heavy atom. The van der Waals surface area contributed by atoms with E-state index in [2.05, 4.69) is 25.3 Å². The van der Waals surface area contributed by atoms with Gasteiger partial charge in [-0.05, 0) is 24.6 Å². The predicted octanol–water partition coefficient (Wildman–Crippen LogP) is 2.80. The van der Waals surface area contributed by atoms with E-state index in [9.17, 15) is 4.79 Å². The minimum Gasteiger partial charge on any atom is -0.351 e. The van der Waals surface area contributed by atoms with E-state index in [1.807, 2.05) is 19.1 Å². The average Bonchev–Trinajstić information content (AvgIpc) is 3.03. The maximum Gasteiger partial charge on any atom is 0.233 e. The zero-order valence-corrected chi connectivity index (χ0v) is 13.9. The van der Waals surface area contributed by atoms with Gasteiger partial charge in [0.2, 0.25) is 5.91 Å². The van der Waals surface area contributed by atoms with E-state index in [1.165, 1.54) is 18.1 Å². The monoisotopic (exact) mass is 347 g/mol. The van der Waals surface area contributed by atoms with Crippen LogP contribution in [-0.4, -0.2) is 31.1 Å². The van der Waals surface area contributed by atoms with Gasteiger partial charge in [-0.25, -0.2) is 15.0 Å². The van der Waals surface area contributed by atoms with Gasteiger partial charge < -0.3 is 10.3 Å². The van der Waals surface area contributed by atoms with Gasteiger partial charge in [0.1, 0.15) is 16.9 Å². The number of aromatic amines is 1. The Balaban J connectivity index is 1.61. The number of benzene rings is 1. The van der Waals surface area contributed by atoms with Crippen molar-refractivity contribution in [2.24, 2.45) is 0 Å². The first-order valence-electron chi connectivity index (χ1n) is 6.96. The van der Waals surface area contributed by atoms with Crippen LogP contribution in [0.4, 0.5) is 0 Å². The summed E-state index contributed by atoms with van der Waals surface area (Å²) in [5.74, 6) is -0.0590. The molecule has 8 heteroatoms. The highest BCUT2D eigenvalue weighted by molar-refractivity contribution is 8.00. The van der Waals surface area contributed by atoms with Gasteiger partial charge in [0.25, 0.3) is 0 Å². The molecule has 1 amide bonds. The molecule has 0 aliphatic carbocycles. The van der Waals surface area contributed by atoms with Gasteiger partial charge in [-0.2, -0.15) is 0 Å². The van der Waals surface area contributed by atoms with Gasteiger partial charge >= 0.3 is 0 Å². The van der Waals surface area contributed by atoms with Crippen LogP contribution in [0, 0.1) is 0 Å². The van der Waals surface area contributed by atoms with Gasteiger partial charge in [-0.1, -0.05) is 35.5 Å². The molecule has 1 unspecified atom stereocenters. The number of hydrogen-bond donors (Lipinski definition) is 2. The first-order valence-corrected chi connectivity index (χ1v) is 8.22. The van der Waals surface area contributed by atoms with E-state index in [1.54, 1.807) is 18.5 Å². The lowest BCUT2D eigenvalue weighted by atomic mass is 10.2. The van der Waals surface area contributed by atoms with E-state index in [0.29, 0.717) is 22.2 Å². The zero-order chi connectivity index (χ0) is 16.2. The highest BCUT2D eigenvalue weighted by atomic mass is 35.5. The molecule has 118 valence electrons. The number of aromatic nitrogens is 4. The summed E-state index contributed by atoms with van der Waals surface area (Å²) >= 11 is 7.21. The Morgan fingerprint density at radius 3 is 2.87 bits per heavy atom. The summed E-state index contributed by atoms with van der Waals surface area (Å²) in [5, 5.41) is 4.01. The zero-order valence-electron chi connectivity index (χ0n) is 12.3. The van der Waals surface area contributed by atoms with Gasteiger partial charge in [0, 0.05) is 11.6 Å². The molecule has 0 radical (unpaired) electrons. The maximum absolute atomic E-state index is 12.2. The number of carbonyl (C=O) groups is 1. The molecule has 1 atom stereocenters. The number of carbonyl (C=O) groups excluding carboxylic acids is 1. The van der Waals surface area contributed by atoms with E-state index < -0.39 is 0 Å². The van der Waals surface area contributed by atoms with E-state index in [0.717, 1.165) is 11.1 Å². The van der Waals surface area contributed by atoms with Crippen LogP contribution >= 0.6 is 23.4 Å². The second-order valence-corrected chi connectivity index (χ2v) is 6.65. The number of hydrogen-bond acceptors (Lipinski definition) is 5. The van der Waals surface area contributed by atoms with Crippen molar-refractivity contribution in [2.75, 3.05) is 0 Å². The number of nitrogens with one attached hydrogen (secondary N) is 2. The SMILES string of the molecule is CC(Sc1ncnc2nc[nH]c12)C(=O)NCc1ccc(Cl)cc1. The number of thioether (sulfide) groups is 1. The van der Waals surface area contributed by atoms with Crippen molar-refractivity contribution in [2.45, 2.75) is 23.7 Å². The fourth-order valence-corrected chi connectivity index (χ4v) is 3.02. The minimum absolute atomic E-state index is 0.0590. The molecule has 0 fully saturated rings. The van der Waals surface area contributed by atoms with Crippen LogP contribution in [0.15, 0.2) is 41.9 Å². The number of fused-ring (bicyclic) bond motifs is 1. The molecule has 2 aromatic heterocycles. The third kappa shape index (κ3) is 3.80. The largest absolute Gasteiger partial charge is 0.351 e. The number of imidazole rings is 1. The number of rotatable bonds is 5. The van der Waals surface area contributed by atoms with E-state index in [4.69, 9.17) is 11.6 Å². The Morgan fingerprint density at radius 2 is 2.09 bits per heavy atom. The molecule has 2 N–H and O–H groups in total. The lowest BCUT2D eigenvalue weighted by Crippen LogP contribution is -2.30. The standard InChI is InChI=1S/C15H14ClN5OS/c1-9(14(22)17-6-10-2-4-11(16)5-3-10)23-15-12-13(19-7-18-12)20-8-21-15/h2-5,7-9H,6H2,1H3,(H,17,22)(H,18,19,20,21). The van der Waals surface area contributed by atoms with Crippen molar-refractivity contribution < 1.29 is 4.79 Å². The van der Waals surface area contributed by atoms with Crippen LogP contribution in [0.25, 0.3) is 11.2 Å². The highest BCUT2D eigenvalue weighted by Crippen LogP contribution is 2.26. The van der Waals surface area contributed by atoms with Crippen molar-refractivity contribution in [3.8, 4) is 0 Å². The van der Waals surface area contributed by atoms with Crippen molar-refractivity contribution >= 4 is 40.4 Å². The number of nitrogens with zero attached hydrogens (tertiary/aromatic N) is 3. The first kappa shape index (κ1) is 15.8. The molecule has 3 aromatic rings. The third-order valence-corrected chi connectivity index (χ3v) is 4.58. The molecular weight excluding hydrogens is 334 g/mol. The highest BCUT2D eigenvalue weighted by Gasteiger charge is 2.17. The van der Waals surface area contributed by atoms with Gasteiger partial charge in [0.05, 0.1) is 11.6 Å². The Bertz CT molecular complexity index is 820. The van der Waals surface area contributed by atoms with Crippen LogP contribution in [0.1, 0.15) is 12.5 Å². The smallest absolute Gasteiger partial charge is 0.233 e. The summed E-state index contributed by atoms with van der Waals surface area (Å²) in [6, 6.07) is 7.38. The van der Waals surface area contributed by atoms with Crippen LogP contribution in [0.3, 0.4) is 0 Å². The van der Waals surface area contributed by atoms with Gasteiger partial charge in [-0.15, -0.1) is 0 Å². The summed E-state index contributed by atoms with van der Waals surface area (Å²) < 4.78 is 0. The van der Waals surface area contributed by atoms with Crippen LogP contribution in [0.5, 0.6) is 0 Å². The number of halogens is 1. The second kappa shape index (κ2) is 6.97. The molecule has 0 aliphatic rings. The maximum atomic E-state index is 12.2. The van der Waals surface area contributed by atoms with Crippen LogP contribution in [0.2, 0.25) is 5.02 Å². The van der Waals surface area contributed by atoms with E-state index in [-0.39, 0.29) is 11.2 Å².